The first-order chi connectivity index (χ1) is 11.9. The molecule has 2 N–H and O–H groups in total. The average Bonchev–Trinajstić information content (AvgIpc) is 3.13. The Morgan fingerprint density at radius 1 is 1.20 bits per heavy atom. The van der Waals surface area contributed by atoms with Crippen LogP contribution in [-0.2, 0) is 16.0 Å². The number of pyridine rings is 1. The Bertz CT molecular complexity index is 680. The third-order valence-corrected chi connectivity index (χ3v) is 3.26. The number of carboxylic acids is 2. The predicted octanol–water partition coefficient (Wildman–Crippen LogP) is 2.84. The van der Waals surface area contributed by atoms with Crippen molar-refractivity contribution in [3.05, 3.63) is 60.7 Å². The number of nitrogens with zero attached hydrogens (tertiary/aromatic N) is 3. The number of aliphatic carboxylic acids is 2. The molecule has 0 unspecified atom stereocenters. The van der Waals surface area contributed by atoms with Gasteiger partial charge in [0, 0.05) is 43.5 Å². The van der Waals surface area contributed by atoms with Crippen molar-refractivity contribution in [2.45, 2.75) is 26.2 Å². The molecule has 0 fully saturated rings. The summed E-state index contributed by atoms with van der Waals surface area (Å²) in [5.74, 6) is -2.51. The lowest BCUT2D eigenvalue weighted by Gasteiger charge is -2.21. The smallest absolute Gasteiger partial charge is 0.328 e. The summed E-state index contributed by atoms with van der Waals surface area (Å²) in [7, 11) is 2.05. The zero-order chi connectivity index (χ0) is 18.7. The van der Waals surface area contributed by atoms with E-state index in [0.29, 0.717) is 12.2 Å². The Morgan fingerprint density at radius 2 is 1.80 bits per heavy atom. The second-order valence-corrected chi connectivity index (χ2v) is 5.21. The van der Waals surface area contributed by atoms with E-state index in [0.717, 1.165) is 6.42 Å². The summed E-state index contributed by atoms with van der Waals surface area (Å²) >= 11 is 0. The molecule has 0 atom stereocenters. The predicted molar refractivity (Wildman–Crippen MR) is 95.5 cm³/mol. The molecule has 134 valence electrons. The molecule has 0 aliphatic rings. The molecule has 2 rings (SSSR count). The van der Waals surface area contributed by atoms with Gasteiger partial charge in [-0.1, -0.05) is 13.3 Å². The van der Waals surface area contributed by atoms with Gasteiger partial charge in [0.25, 0.3) is 0 Å². The first-order valence-electron chi connectivity index (χ1n) is 7.90. The molecule has 2 aromatic rings. The quantitative estimate of drug-likeness (QED) is 0.749. The van der Waals surface area contributed by atoms with Crippen molar-refractivity contribution in [2.75, 3.05) is 12.1 Å². The normalized spacial score (nSPS) is 10.2. The third-order valence-electron chi connectivity index (χ3n) is 3.26. The molecule has 7 nitrogen and oxygen atoms in total. The molecule has 2 heterocycles. The molecule has 0 aromatic carbocycles. The van der Waals surface area contributed by atoms with Crippen LogP contribution in [0.5, 0.6) is 0 Å². The fourth-order valence-corrected chi connectivity index (χ4v) is 1.96. The van der Waals surface area contributed by atoms with E-state index >= 15 is 0 Å². The van der Waals surface area contributed by atoms with Gasteiger partial charge in [-0.2, -0.15) is 0 Å². The number of rotatable bonds is 7. The number of aryl methyl sites for hydroxylation is 1. The first-order valence-corrected chi connectivity index (χ1v) is 7.90. The average molecular weight is 345 g/mol. The van der Waals surface area contributed by atoms with E-state index in [4.69, 9.17) is 10.2 Å². The van der Waals surface area contributed by atoms with E-state index in [1.807, 2.05) is 36.8 Å². The van der Waals surface area contributed by atoms with Crippen LogP contribution in [0.15, 0.2) is 55.0 Å². The van der Waals surface area contributed by atoms with Gasteiger partial charge in [-0.3, -0.25) is 14.7 Å². The summed E-state index contributed by atoms with van der Waals surface area (Å²) in [6, 6.07) is 8.25. The highest BCUT2D eigenvalue weighted by molar-refractivity contribution is 5.89. The minimum atomic E-state index is -1.26. The molecule has 0 amide bonds. The van der Waals surface area contributed by atoms with Crippen LogP contribution >= 0.6 is 0 Å². The summed E-state index contributed by atoms with van der Waals surface area (Å²) in [6.45, 7) is 2.20. The lowest BCUT2D eigenvalue weighted by molar-refractivity contribution is -0.134. The third kappa shape index (κ3) is 7.83. The van der Waals surface area contributed by atoms with Gasteiger partial charge < -0.3 is 10.2 Å². The monoisotopic (exact) mass is 345 g/mol. The fraction of sp³-hybridized carbons (Fsp3) is 0.278. The summed E-state index contributed by atoms with van der Waals surface area (Å²) in [6.07, 6.45) is 10.5. The van der Waals surface area contributed by atoms with E-state index in [1.165, 1.54) is 24.2 Å². The van der Waals surface area contributed by atoms with Crippen molar-refractivity contribution >= 4 is 17.6 Å². The van der Waals surface area contributed by atoms with Gasteiger partial charge in [0.1, 0.15) is 0 Å². The van der Waals surface area contributed by atoms with E-state index < -0.39 is 11.9 Å². The number of carbonyl (C=O) groups is 2. The van der Waals surface area contributed by atoms with Crippen molar-refractivity contribution in [1.29, 1.82) is 0 Å². The molecule has 7 heteroatoms. The highest BCUT2D eigenvalue weighted by Crippen LogP contribution is 2.15. The Balaban J connectivity index is 0.000000333. The standard InChI is InChI=1S/C14H19N3.C4H4O4/c1-3-4-7-13-12-14(8-9-15-13)16(2)17-10-5-6-11-17;5-3(6)1-2-4(7)8/h5-6,8-12H,3-4,7H2,1-2H3;1-2H,(H,5,6)(H,7,8)/b;2-1-. The van der Waals surface area contributed by atoms with Crippen LogP contribution in [0.4, 0.5) is 5.69 Å². The molecule has 0 radical (unpaired) electrons. The van der Waals surface area contributed by atoms with Gasteiger partial charge in [0.15, 0.2) is 0 Å². The second kappa shape index (κ2) is 10.6. The first kappa shape index (κ1) is 20.0. The highest BCUT2D eigenvalue weighted by atomic mass is 16.4. The van der Waals surface area contributed by atoms with Crippen molar-refractivity contribution in [3.63, 3.8) is 0 Å². The molecule has 0 aliphatic heterocycles. The number of hydrogen-bond acceptors (Lipinski definition) is 4. The van der Waals surface area contributed by atoms with E-state index in [9.17, 15) is 9.59 Å². The zero-order valence-corrected chi connectivity index (χ0v) is 14.4. The minimum absolute atomic E-state index is 0.558. The molecule has 0 saturated carbocycles. The van der Waals surface area contributed by atoms with Crippen molar-refractivity contribution in [2.24, 2.45) is 0 Å². The number of carboxylic acid groups (broad SMARTS) is 2. The van der Waals surface area contributed by atoms with Crippen molar-refractivity contribution in [1.82, 2.24) is 9.66 Å². The van der Waals surface area contributed by atoms with E-state index in [-0.39, 0.29) is 0 Å². The fourth-order valence-electron chi connectivity index (χ4n) is 1.96. The Morgan fingerprint density at radius 3 is 2.32 bits per heavy atom. The number of aromatic nitrogens is 2. The molecular formula is C18H23N3O4. The molecule has 0 aliphatic carbocycles. The van der Waals surface area contributed by atoms with Crippen LogP contribution in [0.25, 0.3) is 0 Å². The largest absolute Gasteiger partial charge is 0.478 e. The molecular weight excluding hydrogens is 322 g/mol. The summed E-state index contributed by atoms with van der Waals surface area (Å²) in [5, 5.41) is 17.7. The maximum Gasteiger partial charge on any atom is 0.328 e. The molecule has 0 spiro atoms. The lowest BCUT2D eigenvalue weighted by Crippen LogP contribution is -2.22. The summed E-state index contributed by atoms with van der Waals surface area (Å²) < 4.78 is 2.05. The van der Waals surface area contributed by atoms with Crippen LogP contribution in [-0.4, -0.2) is 38.9 Å². The number of unbranched alkanes of at least 4 members (excludes halogenated alkanes) is 1. The number of hydrogen-bond donors (Lipinski definition) is 2. The molecule has 0 bridgehead atoms. The molecule has 2 aromatic heterocycles. The van der Waals surface area contributed by atoms with Gasteiger partial charge in [-0.25, -0.2) is 9.59 Å². The van der Waals surface area contributed by atoms with Gasteiger partial charge in [-0.15, -0.1) is 0 Å². The molecule has 25 heavy (non-hydrogen) atoms. The Labute approximate surface area is 146 Å². The highest BCUT2D eigenvalue weighted by Gasteiger charge is 2.03. The minimum Gasteiger partial charge on any atom is -0.478 e. The number of anilines is 1. The van der Waals surface area contributed by atoms with Crippen LogP contribution < -0.4 is 5.01 Å². The topological polar surface area (TPSA) is 95.7 Å². The summed E-state index contributed by atoms with van der Waals surface area (Å²) in [5.41, 5.74) is 2.34. The van der Waals surface area contributed by atoms with Crippen LogP contribution in [0.2, 0.25) is 0 Å². The maximum absolute atomic E-state index is 9.55. The van der Waals surface area contributed by atoms with Crippen LogP contribution in [0.1, 0.15) is 25.5 Å². The van der Waals surface area contributed by atoms with Gasteiger partial charge in [0.2, 0.25) is 0 Å². The van der Waals surface area contributed by atoms with Crippen LogP contribution in [0.3, 0.4) is 0 Å². The van der Waals surface area contributed by atoms with Gasteiger partial charge in [-0.05, 0) is 37.1 Å². The zero-order valence-electron chi connectivity index (χ0n) is 14.4. The van der Waals surface area contributed by atoms with E-state index in [1.54, 1.807) is 0 Å². The van der Waals surface area contributed by atoms with Gasteiger partial charge in [0.05, 0.1) is 5.69 Å². The van der Waals surface area contributed by atoms with Crippen molar-refractivity contribution < 1.29 is 19.8 Å². The van der Waals surface area contributed by atoms with Crippen LogP contribution in [0, 0.1) is 0 Å². The van der Waals surface area contributed by atoms with E-state index in [2.05, 4.69) is 34.7 Å². The molecule has 0 saturated heterocycles. The Hall–Kier alpha value is -3.09. The lowest BCUT2D eigenvalue weighted by atomic mass is 10.2. The second-order valence-electron chi connectivity index (χ2n) is 5.21. The van der Waals surface area contributed by atoms with Gasteiger partial charge >= 0.3 is 11.9 Å². The Kier molecular flexibility index (Phi) is 8.49. The maximum atomic E-state index is 9.55. The summed E-state index contributed by atoms with van der Waals surface area (Å²) in [4.78, 5) is 23.5. The van der Waals surface area contributed by atoms with Crippen molar-refractivity contribution in [3.8, 4) is 0 Å². The SMILES string of the molecule is CCCCc1cc(N(C)n2cccc2)ccn1.O=C(O)/C=C\C(=O)O.